The van der Waals surface area contributed by atoms with E-state index < -0.39 is 0 Å². The van der Waals surface area contributed by atoms with Gasteiger partial charge in [-0.05, 0) is 83.9 Å². The third-order valence-electron chi connectivity index (χ3n) is 10.1. The molecule has 2 aliphatic rings. The fraction of sp³-hybridized carbons (Fsp3) is 0.0200. The third kappa shape index (κ3) is 5.98. The first-order chi connectivity index (χ1) is 27.2. The number of aromatic nitrogens is 2. The SMILES string of the molecule is Cc1ccc(-[n+]2[c-]n(-c3[c-]cccc3)c3ccccc32)cc1.[Pt+4].[c-]1cccc2c1N1c3[c-]cccc3N(c3ccccc3)c3cccc(c31)N2c1ccccc1. The predicted molar refractivity (Wildman–Crippen MR) is 222 cm³/mol. The zero-order valence-corrected chi connectivity index (χ0v) is 32.7. The molecule has 6 heteroatoms. The number of aryl methyl sites for hydroxylation is 1. The van der Waals surface area contributed by atoms with Crippen molar-refractivity contribution in [3.05, 3.63) is 218 Å². The molecule has 11 rings (SSSR count). The van der Waals surface area contributed by atoms with Gasteiger partial charge >= 0.3 is 21.1 Å². The zero-order valence-electron chi connectivity index (χ0n) is 30.5. The molecule has 0 saturated heterocycles. The molecule has 0 saturated carbocycles. The molecule has 268 valence electrons. The zero-order chi connectivity index (χ0) is 36.7. The smallest absolute Gasteiger partial charge is 0.362 e. The van der Waals surface area contributed by atoms with Crippen LogP contribution in [0.3, 0.4) is 0 Å². The van der Waals surface area contributed by atoms with Crippen molar-refractivity contribution in [3.8, 4) is 11.4 Å². The summed E-state index contributed by atoms with van der Waals surface area (Å²) in [4.78, 5) is 6.98. The Hall–Kier alpha value is -6.68. The molecular formula is C50H34N5Pt+. The predicted octanol–water partition coefficient (Wildman–Crippen LogP) is 12.1. The topological polar surface area (TPSA) is 18.5 Å². The molecule has 3 heterocycles. The summed E-state index contributed by atoms with van der Waals surface area (Å²) in [5.41, 5.74) is 15.5. The van der Waals surface area contributed by atoms with Crippen LogP contribution in [0.4, 0.5) is 51.2 Å². The Bertz CT molecular complexity index is 2670. The molecular weight excluding hydrogens is 866 g/mol. The number of rotatable bonds is 4. The van der Waals surface area contributed by atoms with Crippen LogP contribution in [-0.2, 0) is 21.1 Å². The fourth-order valence-electron chi connectivity index (χ4n) is 7.62. The number of nitrogens with zero attached hydrogens (tertiary/aromatic N) is 5. The molecule has 2 aliphatic heterocycles. The normalized spacial score (nSPS) is 12.1. The molecule has 0 radical (unpaired) electrons. The first kappa shape index (κ1) is 35.0. The van der Waals surface area contributed by atoms with Gasteiger partial charge in [0.2, 0.25) is 0 Å². The van der Waals surface area contributed by atoms with Gasteiger partial charge in [0.05, 0.1) is 33.8 Å². The van der Waals surface area contributed by atoms with Gasteiger partial charge in [-0.25, -0.2) is 0 Å². The average Bonchev–Trinajstić information content (AvgIpc) is 3.65. The largest absolute Gasteiger partial charge is 4.00 e. The van der Waals surface area contributed by atoms with E-state index in [0.717, 1.165) is 73.6 Å². The van der Waals surface area contributed by atoms with Crippen LogP contribution >= 0.6 is 0 Å². The van der Waals surface area contributed by atoms with E-state index in [1.54, 1.807) is 0 Å². The Balaban J connectivity index is 0.000000156. The molecule has 0 N–H and O–H groups in total. The summed E-state index contributed by atoms with van der Waals surface area (Å²) in [7, 11) is 0. The fourth-order valence-corrected chi connectivity index (χ4v) is 7.62. The van der Waals surface area contributed by atoms with E-state index in [2.05, 4.69) is 207 Å². The van der Waals surface area contributed by atoms with Crippen LogP contribution in [-0.4, -0.2) is 4.57 Å². The quantitative estimate of drug-likeness (QED) is 0.130. The maximum Gasteiger partial charge on any atom is 4.00 e. The summed E-state index contributed by atoms with van der Waals surface area (Å²) in [5, 5.41) is 0. The van der Waals surface area contributed by atoms with E-state index in [0.29, 0.717) is 0 Å². The van der Waals surface area contributed by atoms with E-state index in [1.807, 2.05) is 36.4 Å². The van der Waals surface area contributed by atoms with Crippen LogP contribution in [0, 0.1) is 31.5 Å². The first-order valence-electron chi connectivity index (χ1n) is 18.4. The number of hydrogen-bond donors (Lipinski definition) is 0. The summed E-state index contributed by atoms with van der Waals surface area (Å²) in [6, 6.07) is 75.2. The summed E-state index contributed by atoms with van der Waals surface area (Å²) in [6.07, 6.45) is 3.44. The van der Waals surface area contributed by atoms with Gasteiger partial charge in [0.25, 0.3) is 6.33 Å². The summed E-state index contributed by atoms with van der Waals surface area (Å²) >= 11 is 0. The minimum atomic E-state index is 0. The van der Waals surface area contributed by atoms with Gasteiger partial charge in [-0.2, -0.15) is 66.7 Å². The Morgan fingerprint density at radius 2 is 0.982 bits per heavy atom. The Labute approximate surface area is 341 Å². The summed E-state index contributed by atoms with van der Waals surface area (Å²) < 4.78 is 4.14. The molecule has 0 bridgehead atoms. The maximum atomic E-state index is 3.53. The number of fused-ring (bicyclic) bond motifs is 5. The van der Waals surface area contributed by atoms with Crippen molar-refractivity contribution >= 4 is 62.2 Å². The standard InChI is InChI=1S/C30H19N3.C20H15N2.Pt/c1-3-12-22(13-4-1)31-24-16-7-9-18-26(24)33-27-19-10-8-17-25(27)32(23-14-5-2-6-15-23)29-21-11-20-28(31)30(29)33;1-16-11-13-18(14-12-16)22-15-21(17-7-3-2-4-8-17)19-9-5-6-10-20(19)22;/h1-17,20-21H;2-7,9-14H,1H3;/q-2;-1;+4. The molecule has 56 heavy (non-hydrogen) atoms. The number of para-hydroxylation sites is 8. The van der Waals surface area contributed by atoms with Crippen molar-refractivity contribution in [1.82, 2.24) is 4.57 Å². The monoisotopic (exact) mass is 899 g/mol. The Kier molecular flexibility index (Phi) is 9.30. The van der Waals surface area contributed by atoms with Crippen LogP contribution in [0.5, 0.6) is 0 Å². The molecule has 0 atom stereocenters. The minimum absolute atomic E-state index is 0. The summed E-state index contributed by atoms with van der Waals surface area (Å²) in [5.74, 6) is 0. The van der Waals surface area contributed by atoms with E-state index >= 15 is 0 Å². The molecule has 1 aromatic heterocycles. The molecule has 5 nitrogen and oxygen atoms in total. The second-order valence-electron chi connectivity index (χ2n) is 13.5. The van der Waals surface area contributed by atoms with Crippen molar-refractivity contribution in [3.63, 3.8) is 0 Å². The van der Waals surface area contributed by atoms with Crippen molar-refractivity contribution in [1.29, 1.82) is 0 Å². The van der Waals surface area contributed by atoms with E-state index in [-0.39, 0.29) is 21.1 Å². The van der Waals surface area contributed by atoms with Crippen molar-refractivity contribution < 1.29 is 25.6 Å². The van der Waals surface area contributed by atoms with Gasteiger partial charge in [0.1, 0.15) is 0 Å². The molecule has 8 aromatic carbocycles. The van der Waals surface area contributed by atoms with E-state index in [9.17, 15) is 0 Å². The minimum Gasteiger partial charge on any atom is -0.362 e. The van der Waals surface area contributed by atoms with E-state index in [4.69, 9.17) is 0 Å². The Morgan fingerprint density at radius 3 is 1.57 bits per heavy atom. The van der Waals surface area contributed by atoms with Gasteiger partial charge in [0, 0.05) is 11.4 Å². The molecule has 9 aromatic rings. The van der Waals surface area contributed by atoms with Crippen molar-refractivity contribution in [2.24, 2.45) is 0 Å². The Morgan fingerprint density at radius 1 is 0.446 bits per heavy atom. The van der Waals surface area contributed by atoms with Gasteiger partial charge in [0.15, 0.2) is 0 Å². The van der Waals surface area contributed by atoms with Crippen LogP contribution in [0.2, 0.25) is 0 Å². The van der Waals surface area contributed by atoms with E-state index in [1.165, 1.54) is 5.56 Å². The van der Waals surface area contributed by atoms with Crippen LogP contribution in [0.1, 0.15) is 5.56 Å². The molecule has 0 fully saturated rings. The molecule has 0 unspecified atom stereocenters. The van der Waals surface area contributed by atoms with Gasteiger partial charge in [-0.15, -0.1) is 12.1 Å². The average molecular weight is 900 g/mol. The molecule has 0 aliphatic carbocycles. The van der Waals surface area contributed by atoms with Crippen LogP contribution in [0.15, 0.2) is 188 Å². The number of hydrogen-bond acceptors (Lipinski definition) is 3. The van der Waals surface area contributed by atoms with Gasteiger partial charge < -0.3 is 19.3 Å². The number of anilines is 9. The first-order valence-corrected chi connectivity index (χ1v) is 18.4. The summed E-state index contributed by atoms with van der Waals surface area (Å²) in [6.45, 7) is 2.10. The van der Waals surface area contributed by atoms with Crippen molar-refractivity contribution in [2.75, 3.05) is 14.7 Å². The van der Waals surface area contributed by atoms with Crippen molar-refractivity contribution in [2.45, 2.75) is 6.92 Å². The maximum absolute atomic E-state index is 3.53. The van der Waals surface area contributed by atoms with Gasteiger partial charge in [-0.3, -0.25) is 4.57 Å². The van der Waals surface area contributed by atoms with Crippen LogP contribution in [0.25, 0.3) is 22.4 Å². The second kappa shape index (κ2) is 14.9. The van der Waals surface area contributed by atoms with Gasteiger partial charge in [-0.1, -0.05) is 84.4 Å². The molecule has 0 amide bonds. The second-order valence-corrected chi connectivity index (χ2v) is 13.5. The number of benzene rings is 8. The van der Waals surface area contributed by atoms with Crippen LogP contribution < -0.4 is 19.3 Å². The third-order valence-corrected chi connectivity index (χ3v) is 10.1. The number of imidazole rings is 1. The molecule has 0 spiro atoms.